The zero-order valence-corrected chi connectivity index (χ0v) is 19.8. The van der Waals surface area contributed by atoms with Crippen molar-refractivity contribution < 1.29 is 4.79 Å². The normalized spacial score (nSPS) is 13.5. The van der Waals surface area contributed by atoms with Crippen molar-refractivity contribution in [1.82, 2.24) is 9.88 Å². The van der Waals surface area contributed by atoms with Gasteiger partial charge in [0.05, 0.1) is 22.6 Å². The molecule has 1 aromatic heterocycles. The Morgan fingerprint density at radius 2 is 1.83 bits per heavy atom. The van der Waals surface area contributed by atoms with Crippen LogP contribution in [-0.2, 0) is 4.79 Å². The first-order valence-electron chi connectivity index (χ1n) is 11.6. The van der Waals surface area contributed by atoms with Crippen molar-refractivity contribution in [1.29, 1.82) is 5.26 Å². The van der Waals surface area contributed by atoms with Gasteiger partial charge in [0.25, 0.3) is 0 Å². The largest absolute Gasteiger partial charge is 0.369 e. The van der Waals surface area contributed by atoms with Crippen molar-refractivity contribution in [3.8, 4) is 6.07 Å². The molecule has 2 heterocycles. The Balaban J connectivity index is 1.60. The molecule has 1 saturated heterocycles. The predicted molar refractivity (Wildman–Crippen MR) is 142 cm³/mol. The first-order valence-corrected chi connectivity index (χ1v) is 11.6. The second kappa shape index (κ2) is 11.2. The summed E-state index contributed by atoms with van der Waals surface area (Å²) in [5.74, 6) is 0.251. The Labute approximate surface area is 205 Å². The average molecular weight is 468 g/mol. The van der Waals surface area contributed by atoms with Crippen LogP contribution >= 0.6 is 0 Å². The highest BCUT2D eigenvalue weighted by Gasteiger charge is 2.18. The topological polar surface area (TPSA) is 96.3 Å². The Kier molecular flexibility index (Phi) is 7.60. The van der Waals surface area contributed by atoms with Crippen molar-refractivity contribution in [3.63, 3.8) is 0 Å². The predicted octanol–water partition coefficient (Wildman–Crippen LogP) is 4.71. The van der Waals surface area contributed by atoms with Gasteiger partial charge >= 0.3 is 0 Å². The monoisotopic (exact) mass is 467 g/mol. The third kappa shape index (κ3) is 5.96. The number of hydrogen-bond acceptors (Lipinski definition) is 7. The van der Waals surface area contributed by atoms with Gasteiger partial charge in [-0.3, -0.25) is 4.79 Å². The number of nitriles is 1. The SMILES string of the molecule is C=CC(=O)Nc1cc(N2CCN(CC)CC2)ccc1Nc1cc(Nc2ccccc2)c(C#N)cn1. The van der Waals surface area contributed by atoms with Crippen LogP contribution in [0, 0.1) is 11.3 Å². The van der Waals surface area contributed by atoms with Gasteiger partial charge in [-0.15, -0.1) is 0 Å². The Bertz CT molecular complexity index is 1230. The fourth-order valence-electron chi connectivity index (χ4n) is 3.98. The van der Waals surface area contributed by atoms with Gasteiger partial charge in [-0.2, -0.15) is 5.26 Å². The van der Waals surface area contributed by atoms with Crippen molar-refractivity contribution in [2.45, 2.75) is 6.92 Å². The van der Waals surface area contributed by atoms with Gasteiger partial charge in [0.15, 0.2) is 0 Å². The molecule has 0 aliphatic carbocycles. The molecule has 178 valence electrons. The summed E-state index contributed by atoms with van der Waals surface area (Å²) in [7, 11) is 0. The molecule has 3 N–H and O–H groups in total. The van der Waals surface area contributed by atoms with Gasteiger partial charge in [-0.25, -0.2) is 4.98 Å². The maximum absolute atomic E-state index is 12.2. The fraction of sp³-hybridized carbons (Fsp3) is 0.222. The van der Waals surface area contributed by atoms with Gasteiger partial charge in [-0.05, 0) is 43.0 Å². The van der Waals surface area contributed by atoms with Crippen molar-refractivity contribution >= 4 is 40.2 Å². The summed E-state index contributed by atoms with van der Waals surface area (Å²) in [5.41, 5.74) is 4.31. The van der Waals surface area contributed by atoms with E-state index in [4.69, 9.17) is 0 Å². The van der Waals surface area contributed by atoms with Gasteiger partial charge in [-0.1, -0.05) is 31.7 Å². The minimum Gasteiger partial charge on any atom is -0.369 e. The molecular formula is C27H29N7O. The molecule has 3 aromatic rings. The number of anilines is 6. The van der Waals surface area contributed by atoms with Crippen LogP contribution < -0.4 is 20.9 Å². The summed E-state index contributed by atoms with van der Waals surface area (Å²) in [6.07, 6.45) is 2.77. The molecule has 2 aromatic carbocycles. The van der Waals surface area contributed by atoms with Gasteiger partial charge in [0.1, 0.15) is 11.9 Å². The summed E-state index contributed by atoms with van der Waals surface area (Å²) in [6, 6.07) is 19.5. The van der Waals surface area contributed by atoms with E-state index in [-0.39, 0.29) is 5.91 Å². The minimum atomic E-state index is -0.291. The summed E-state index contributed by atoms with van der Waals surface area (Å²) in [4.78, 5) is 21.3. The molecular weight excluding hydrogens is 438 g/mol. The summed E-state index contributed by atoms with van der Waals surface area (Å²) in [5, 5.41) is 19.0. The number of pyridine rings is 1. The number of likely N-dealkylation sites (N-methyl/N-ethyl adjacent to an activating group) is 1. The van der Waals surface area contributed by atoms with Crippen LogP contribution in [0.25, 0.3) is 0 Å². The summed E-state index contributed by atoms with van der Waals surface area (Å²) < 4.78 is 0. The Morgan fingerprint density at radius 1 is 1.06 bits per heavy atom. The second-order valence-electron chi connectivity index (χ2n) is 8.19. The van der Waals surface area contributed by atoms with Crippen LogP contribution in [0.2, 0.25) is 0 Å². The molecule has 0 atom stereocenters. The molecule has 1 aliphatic heterocycles. The standard InChI is InChI=1S/C27H29N7O/c1-3-27(35)32-25-16-22(34-14-12-33(4-2)13-15-34)10-11-23(25)31-26-17-24(20(18-28)19-29-26)30-21-8-6-5-7-9-21/h3,5-11,16-17,19H,1,4,12-15H2,2H3,(H,32,35)(H2,29,30,31). The zero-order chi connectivity index (χ0) is 24.6. The lowest BCUT2D eigenvalue weighted by Crippen LogP contribution is -2.46. The van der Waals surface area contributed by atoms with Crippen LogP contribution in [0.1, 0.15) is 12.5 Å². The second-order valence-corrected chi connectivity index (χ2v) is 8.19. The van der Waals surface area contributed by atoms with E-state index in [9.17, 15) is 10.1 Å². The number of nitrogens with one attached hydrogen (secondary N) is 3. The number of hydrogen-bond donors (Lipinski definition) is 3. The van der Waals surface area contributed by atoms with Gasteiger partial charge < -0.3 is 25.8 Å². The van der Waals surface area contributed by atoms with E-state index in [1.807, 2.05) is 48.5 Å². The molecule has 0 spiro atoms. The summed E-state index contributed by atoms with van der Waals surface area (Å²) >= 11 is 0. The first kappa shape index (κ1) is 23.8. The molecule has 0 saturated carbocycles. The van der Waals surface area contributed by atoms with Crippen molar-refractivity contribution in [3.05, 3.63) is 79.0 Å². The molecule has 35 heavy (non-hydrogen) atoms. The molecule has 0 radical (unpaired) electrons. The van der Waals surface area contributed by atoms with E-state index >= 15 is 0 Å². The zero-order valence-electron chi connectivity index (χ0n) is 19.8. The van der Waals surface area contributed by atoms with Gasteiger partial charge in [0.2, 0.25) is 5.91 Å². The lowest BCUT2D eigenvalue weighted by molar-refractivity contribution is -0.111. The molecule has 1 aliphatic rings. The molecule has 1 fully saturated rings. The lowest BCUT2D eigenvalue weighted by atomic mass is 10.2. The van der Waals surface area contributed by atoms with Crippen LogP contribution in [-0.4, -0.2) is 48.5 Å². The molecule has 1 amide bonds. The highest BCUT2D eigenvalue weighted by Crippen LogP contribution is 2.32. The minimum absolute atomic E-state index is 0.291. The maximum atomic E-state index is 12.2. The number of carbonyl (C=O) groups is 1. The number of carbonyl (C=O) groups excluding carboxylic acids is 1. The van der Waals surface area contributed by atoms with Gasteiger partial charge in [0, 0.05) is 49.8 Å². The highest BCUT2D eigenvalue weighted by atomic mass is 16.1. The highest BCUT2D eigenvalue weighted by molar-refractivity contribution is 6.02. The molecule has 8 heteroatoms. The van der Waals surface area contributed by atoms with Crippen molar-refractivity contribution in [2.75, 3.05) is 53.6 Å². The van der Waals surface area contributed by atoms with E-state index in [1.54, 1.807) is 6.07 Å². The van der Waals surface area contributed by atoms with E-state index < -0.39 is 0 Å². The van der Waals surface area contributed by atoms with E-state index in [2.05, 4.69) is 50.3 Å². The lowest BCUT2D eigenvalue weighted by Gasteiger charge is -2.35. The number of amides is 1. The molecule has 8 nitrogen and oxygen atoms in total. The maximum Gasteiger partial charge on any atom is 0.247 e. The van der Waals surface area contributed by atoms with E-state index in [0.29, 0.717) is 28.4 Å². The quantitative estimate of drug-likeness (QED) is 0.413. The Morgan fingerprint density at radius 3 is 2.51 bits per heavy atom. The fourth-order valence-corrected chi connectivity index (χ4v) is 3.98. The van der Waals surface area contributed by atoms with Crippen LogP contribution in [0.5, 0.6) is 0 Å². The number of aromatic nitrogens is 1. The molecule has 0 unspecified atom stereocenters. The number of nitrogens with zero attached hydrogens (tertiary/aromatic N) is 4. The van der Waals surface area contributed by atoms with Crippen LogP contribution in [0.15, 0.2) is 73.4 Å². The number of benzene rings is 2. The first-order chi connectivity index (χ1) is 17.1. The Hall–Kier alpha value is -4.35. The van der Waals surface area contributed by atoms with Crippen LogP contribution in [0.3, 0.4) is 0 Å². The smallest absolute Gasteiger partial charge is 0.247 e. The van der Waals surface area contributed by atoms with E-state index in [1.165, 1.54) is 12.3 Å². The summed E-state index contributed by atoms with van der Waals surface area (Å²) in [6.45, 7) is 10.7. The third-order valence-corrected chi connectivity index (χ3v) is 5.97. The molecule has 4 rings (SSSR count). The van der Waals surface area contributed by atoms with E-state index in [0.717, 1.165) is 44.1 Å². The van der Waals surface area contributed by atoms with Crippen molar-refractivity contribution in [2.24, 2.45) is 0 Å². The number of rotatable bonds is 8. The third-order valence-electron chi connectivity index (χ3n) is 5.97. The number of piperazine rings is 1. The van der Waals surface area contributed by atoms with Crippen LogP contribution in [0.4, 0.5) is 34.3 Å². The molecule has 0 bridgehead atoms. The number of para-hydroxylation sites is 1. The average Bonchev–Trinajstić information content (AvgIpc) is 2.90.